The molecule has 4 nitrogen and oxygen atoms in total. The van der Waals surface area contributed by atoms with E-state index < -0.39 is 0 Å². The van der Waals surface area contributed by atoms with Crippen LogP contribution in [0, 0.1) is 20.8 Å². The molecule has 0 spiro atoms. The molecule has 1 saturated heterocycles. The topological polar surface area (TPSA) is 46.1 Å². The number of hydrogen-bond acceptors (Lipinski definition) is 4. The van der Waals surface area contributed by atoms with E-state index in [0.717, 1.165) is 22.5 Å². The van der Waals surface area contributed by atoms with Crippen LogP contribution in [0.15, 0.2) is 18.2 Å². The Morgan fingerprint density at radius 2 is 1.62 bits per heavy atom. The molecule has 1 aliphatic heterocycles. The van der Waals surface area contributed by atoms with Gasteiger partial charge in [0.05, 0.1) is 5.25 Å². The summed E-state index contributed by atoms with van der Waals surface area (Å²) in [5, 5.41) is 0.517. The standard InChI is InChI=1S/C17H17Cl2N3OS/c1-8-9(2)20-17(21-10(8)3)22-15(23)11(4)24-16(22)14-12(18)6-5-7-13(14)19/h5-7,11,16H,1-4H3. The Kier molecular flexibility index (Phi) is 4.78. The lowest BCUT2D eigenvalue weighted by molar-refractivity contribution is -0.117. The first-order chi connectivity index (χ1) is 11.3. The van der Waals surface area contributed by atoms with Crippen LogP contribution in [-0.4, -0.2) is 21.1 Å². The Bertz CT molecular complexity index is 784. The molecule has 0 radical (unpaired) electrons. The lowest BCUT2D eigenvalue weighted by Gasteiger charge is -2.24. The van der Waals surface area contributed by atoms with Crippen molar-refractivity contribution in [2.75, 3.05) is 4.90 Å². The zero-order chi connectivity index (χ0) is 17.6. The van der Waals surface area contributed by atoms with Crippen LogP contribution in [0.25, 0.3) is 0 Å². The zero-order valence-corrected chi connectivity index (χ0v) is 16.1. The number of anilines is 1. The highest BCUT2D eigenvalue weighted by Gasteiger charge is 2.42. The van der Waals surface area contributed by atoms with Gasteiger partial charge in [-0.1, -0.05) is 29.3 Å². The number of carbonyl (C=O) groups excluding carboxylic acids is 1. The molecule has 0 N–H and O–H groups in total. The summed E-state index contributed by atoms with van der Waals surface area (Å²) in [6.07, 6.45) is 0. The average Bonchev–Trinajstić information content (AvgIpc) is 2.79. The number of carbonyl (C=O) groups is 1. The summed E-state index contributed by atoms with van der Waals surface area (Å²) in [5.74, 6) is 0.363. The summed E-state index contributed by atoms with van der Waals surface area (Å²) in [6.45, 7) is 7.68. The molecule has 1 aromatic heterocycles. The third-order valence-electron chi connectivity index (χ3n) is 4.24. The van der Waals surface area contributed by atoms with Gasteiger partial charge in [-0.3, -0.25) is 9.69 Å². The number of hydrogen-bond donors (Lipinski definition) is 0. The molecule has 2 heterocycles. The monoisotopic (exact) mass is 381 g/mol. The van der Waals surface area contributed by atoms with E-state index in [1.807, 2.05) is 27.7 Å². The third-order valence-corrected chi connectivity index (χ3v) is 6.21. The van der Waals surface area contributed by atoms with Crippen LogP contribution in [-0.2, 0) is 4.79 Å². The molecule has 126 valence electrons. The minimum Gasteiger partial charge on any atom is -0.273 e. The number of thioether (sulfide) groups is 1. The molecule has 3 rings (SSSR count). The molecule has 2 unspecified atom stereocenters. The van der Waals surface area contributed by atoms with Crippen molar-refractivity contribution >= 4 is 46.8 Å². The van der Waals surface area contributed by atoms with Gasteiger partial charge >= 0.3 is 0 Å². The van der Waals surface area contributed by atoms with Gasteiger partial charge in [-0.2, -0.15) is 0 Å². The molecule has 2 atom stereocenters. The summed E-state index contributed by atoms with van der Waals surface area (Å²) >= 11 is 14.2. The summed E-state index contributed by atoms with van der Waals surface area (Å²) in [5.41, 5.74) is 3.47. The van der Waals surface area contributed by atoms with Crippen LogP contribution in [0.3, 0.4) is 0 Å². The lowest BCUT2D eigenvalue weighted by Crippen LogP contribution is -2.32. The molecule has 1 fully saturated rings. The lowest BCUT2D eigenvalue weighted by atomic mass is 10.2. The Balaban J connectivity index is 2.15. The summed E-state index contributed by atoms with van der Waals surface area (Å²) in [6, 6.07) is 5.35. The second-order valence-corrected chi connectivity index (χ2v) is 8.03. The average molecular weight is 382 g/mol. The molecule has 0 saturated carbocycles. The third kappa shape index (κ3) is 2.89. The van der Waals surface area contributed by atoms with E-state index in [9.17, 15) is 4.79 Å². The number of amides is 1. The number of nitrogens with zero attached hydrogens (tertiary/aromatic N) is 3. The van der Waals surface area contributed by atoms with Gasteiger partial charge < -0.3 is 0 Å². The number of aromatic nitrogens is 2. The first kappa shape index (κ1) is 17.5. The second-order valence-electron chi connectivity index (χ2n) is 5.79. The largest absolute Gasteiger partial charge is 0.273 e. The van der Waals surface area contributed by atoms with E-state index >= 15 is 0 Å². The maximum absolute atomic E-state index is 12.8. The van der Waals surface area contributed by atoms with E-state index in [2.05, 4.69) is 9.97 Å². The Labute approximate surface area is 155 Å². The molecular formula is C17H17Cl2N3OS. The molecule has 2 aromatic rings. The van der Waals surface area contributed by atoms with Crippen LogP contribution < -0.4 is 4.90 Å². The molecule has 24 heavy (non-hydrogen) atoms. The van der Waals surface area contributed by atoms with Crippen LogP contribution in [0.2, 0.25) is 10.0 Å². The van der Waals surface area contributed by atoms with Crippen molar-refractivity contribution in [3.05, 3.63) is 50.8 Å². The fourth-order valence-electron chi connectivity index (χ4n) is 2.63. The molecule has 1 aliphatic rings. The van der Waals surface area contributed by atoms with Crippen molar-refractivity contribution in [3.8, 4) is 0 Å². The van der Waals surface area contributed by atoms with Gasteiger partial charge in [0.25, 0.3) is 0 Å². The second kappa shape index (κ2) is 6.54. The predicted molar refractivity (Wildman–Crippen MR) is 100.0 cm³/mol. The van der Waals surface area contributed by atoms with Crippen LogP contribution in [0.5, 0.6) is 0 Å². The van der Waals surface area contributed by atoms with E-state index in [1.165, 1.54) is 11.8 Å². The molecule has 7 heteroatoms. The Morgan fingerprint density at radius 1 is 1.08 bits per heavy atom. The smallest absolute Gasteiger partial charge is 0.243 e. The van der Waals surface area contributed by atoms with Gasteiger partial charge in [0.1, 0.15) is 5.37 Å². The Morgan fingerprint density at radius 3 is 2.17 bits per heavy atom. The van der Waals surface area contributed by atoms with E-state index in [-0.39, 0.29) is 16.5 Å². The van der Waals surface area contributed by atoms with E-state index in [0.29, 0.717) is 16.0 Å². The fraction of sp³-hybridized carbons (Fsp3) is 0.353. The molecule has 1 amide bonds. The highest BCUT2D eigenvalue weighted by molar-refractivity contribution is 8.01. The normalized spacial score (nSPS) is 20.8. The van der Waals surface area contributed by atoms with Gasteiger partial charge in [-0.25, -0.2) is 9.97 Å². The van der Waals surface area contributed by atoms with Gasteiger partial charge in [0, 0.05) is 27.0 Å². The predicted octanol–water partition coefficient (Wildman–Crippen LogP) is 4.88. The number of aryl methyl sites for hydroxylation is 2. The molecular weight excluding hydrogens is 365 g/mol. The quantitative estimate of drug-likeness (QED) is 0.743. The van der Waals surface area contributed by atoms with Crippen LogP contribution in [0.1, 0.15) is 34.8 Å². The van der Waals surface area contributed by atoms with Crippen LogP contribution >= 0.6 is 35.0 Å². The molecule has 0 aliphatic carbocycles. The summed E-state index contributed by atoms with van der Waals surface area (Å²) < 4.78 is 0. The maximum Gasteiger partial charge on any atom is 0.243 e. The highest BCUT2D eigenvalue weighted by Crippen LogP contribution is 2.48. The van der Waals surface area contributed by atoms with Gasteiger partial charge in [0.15, 0.2) is 0 Å². The van der Waals surface area contributed by atoms with Crippen molar-refractivity contribution < 1.29 is 4.79 Å². The minimum absolute atomic E-state index is 0.0383. The van der Waals surface area contributed by atoms with Crippen molar-refractivity contribution in [1.29, 1.82) is 0 Å². The van der Waals surface area contributed by atoms with Crippen molar-refractivity contribution in [1.82, 2.24) is 9.97 Å². The van der Waals surface area contributed by atoms with Crippen molar-refractivity contribution in [2.45, 2.75) is 38.3 Å². The van der Waals surface area contributed by atoms with Crippen LogP contribution in [0.4, 0.5) is 5.95 Å². The SMILES string of the molecule is Cc1nc(N2C(=O)C(C)SC2c2c(Cl)cccc2Cl)nc(C)c1C. The van der Waals surface area contributed by atoms with Gasteiger partial charge in [-0.15, -0.1) is 11.8 Å². The number of halogens is 2. The number of benzene rings is 1. The summed E-state index contributed by atoms with van der Waals surface area (Å²) in [7, 11) is 0. The Hall–Kier alpha value is -1.30. The minimum atomic E-state index is -0.338. The zero-order valence-electron chi connectivity index (χ0n) is 13.8. The van der Waals surface area contributed by atoms with E-state index in [4.69, 9.17) is 23.2 Å². The highest BCUT2D eigenvalue weighted by atomic mass is 35.5. The maximum atomic E-state index is 12.8. The van der Waals surface area contributed by atoms with E-state index in [1.54, 1.807) is 23.1 Å². The van der Waals surface area contributed by atoms with Gasteiger partial charge in [0.2, 0.25) is 11.9 Å². The summed E-state index contributed by atoms with van der Waals surface area (Å²) in [4.78, 5) is 23.4. The van der Waals surface area contributed by atoms with Crippen molar-refractivity contribution in [3.63, 3.8) is 0 Å². The fourth-order valence-corrected chi connectivity index (χ4v) is 4.69. The number of rotatable bonds is 2. The first-order valence-electron chi connectivity index (χ1n) is 7.55. The van der Waals surface area contributed by atoms with Gasteiger partial charge in [-0.05, 0) is 45.4 Å². The first-order valence-corrected chi connectivity index (χ1v) is 9.25. The molecule has 1 aromatic carbocycles. The van der Waals surface area contributed by atoms with Crippen molar-refractivity contribution in [2.24, 2.45) is 0 Å². The molecule has 0 bridgehead atoms.